The van der Waals surface area contributed by atoms with Crippen molar-refractivity contribution in [2.45, 2.75) is 44.6 Å². The molecular formula is C24H29FO4S. The predicted molar refractivity (Wildman–Crippen MR) is 120 cm³/mol. The molecule has 2 atom stereocenters. The quantitative estimate of drug-likeness (QED) is 0.522. The standard InChI is InChI=1S/C24H29FO4S/c1-24(2,3)30(27)15-20(12-25)17-6-5-7-18(10-17)22-9-16(13-26)8-19-11-21(14-28-4)29-23(19)22/h5-11,20,26H,12-15H2,1-4H3/t20?,30-/m0/s1. The average Bonchev–Trinajstić information content (AvgIpc) is 3.13. The molecule has 0 aliphatic heterocycles. The topological polar surface area (TPSA) is 59.7 Å². The Labute approximate surface area is 179 Å². The van der Waals surface area contributed by atoms with Crippen molar-refractivity contribution in [2.75, 3.05) is 19.5 Å². The summed E-state index contributed by atoms with van der Waals surface area (Å²) in [5.74, 6) is 0.526. The fourth-order valence-electron chi connectivity index (χ4n) is 3.41. The molecule has 4 nitrogen and oxygen atoms in total. The fraction of sp³-hybridized carbons (Fsp3) is 0.417. The monoisotopic (exact) mass is 432 g/mol. The zero-order valence-electron chi connectivity index (χ0n) is 17.9. The van der Waals surface area contributed by atoms with Crippen LogP contribution in [0.5, 0.6) is 0 Å². The first-order valence-corrected chi connectivity index (χ1v) is 11.3. The van der Waals surface area contributed by atoms with Gasteiger partial charge in [0, 0.05) is 45.3 Å². The third-order valence-corrected chi connectivity index (χ3v) is 7.16. The SMILES string of the molecule is COCc1cc2cc(CO)cc(-c3cccc(C(CF)C[S@](=O)C(C)(C)C)c3)c2o1. The van der Waals surface area contributed by atoms with Gasteiger partial charge in [-0.3, -0.25) is 8.60 Å². The van der Waals surface area contributed by atoms with Gasteiger partial charge in [-0.05, 0) is 55.7 Å². The number of aliphatic hydroxyl groups excluding tert-OH is 1. The van der Waals surface area contributed by atoms with Crippen molar-refractivity contribution in [1.29, 1.82) is 0 Å². The van der Waals surface area contributed by atoms with Gasteiger partial charge in [-0.1, -0.05) is 24.3 Å². The summed E-state index contributed by atoms with van der Waals surface area (Å²) in [7, 11) is 0.456. The van der Waals surface area contributed by atoms with Crippen LogP contribution in [-0.2, 0) is 28.8 Å². The Bertz CT molecular complexity index is 1040. The molecule has 3 aromatic rings. The molecule has 0 saturated carbocycles. The van der Waals surface area contributed by atoms with Crippen LogP contribution in [0.1, 0.15) is 43.6 Å². The Kier molecular flexibility index (Phi) is 7.11. The lowest BCUT2D eigenvalue weighted by Gasteiger charge is -2.22. The van der Waals surface area contributed by atoms with Gasteiger partial charge < -0.3 is 14.3 Å². The highest BCUT2D eigenvalue weighted by atomic mass is 32.2. The maximum absolute atomic E-state index is 13.9. The largest absolute Gasteiger partial charge is 0.458 e. The highest BCUT2D eigenvalue weighted by Crippen LogP contribution is 2.34. The van der Waals surface area contributed by atoms with Crippen molar-refractivity contribution in [3.63, 3.8) is 0 Å². The number of furan rings is 1. The van der Waals surface area contributed by atoms with E-state index in [4.69, 9.17) is 9.15 Å². The van der Waals surface area contributed by atoms with Crippen molar-refractivity contribution >= 4 is 21.8 Å². The van der Waals surface area contributed by atoms with Gasteiger partial charge in [-0.15, -0.1) is 0 Å². The van der Waals surface area contributed by atoms with Crippen molar-refractivity contribution in [3.8, 4) is 11.1 Å². The maximum atomic E-state index is 13.9. The molecule has 1 N–H and O–H groups in total. The molecule has 0 aliphatic carbocycles. The van der Waals surface area contributed by atoms with E-state index in [9.17, 15) is 13.7 Å². The number of hydrogen-bond donors (Lipinski definition) is 1. The van der Waals surface area contributed by atoms with Crippen molar-refractivity contribution < 1.29 is 22.9 Å². The number of aliphatic hydroxyl groups is 1. The zero-order chi connectivity index (χ0) is 21.9. The van der Waals surface area contributed by atoms with Crippen LogP contribution in [0, 0.1) is 0 Å². The van der Waals surface area contributed by atoms with Crippen LogP contribution in [0.15, 0.2) is 46.9 Å². The molecule has 2 aromatic carbocycles. The van der Waals surface area contributed by atoms with E-state index in [1.165, 1.54) is 0 Å². The summed E-state index contributed by atoms with van der Waals surface area (Å²) in [4.78, 5) is 0. The van der Waals surface area contributed by atoms with Gasteiger partial charge in [0.25, 0.3) is 0 Å². The van der Waals surface area contributed by atoms with Gasteiger partial charge in [-0.25, -0.2) is 0 Å². The second-order valence-corrected chi connectivity index (χ2v) is 10.7. The summed E-state index contributed by atoms with van der Waals surface area (Å²) < 4.78 is 37.2. The van der Waals surface area contributed by atoms with E-state index >= 15 is 0 Å². The number of ether oxygens (including phenoxy) is 1. The van der Waals surface area contributed by atoms with E-state index < -0.39 is 28.1 Å². The molecule has 1 unspecified atom stereocenters. The molecule has 1 heterocycles. The molecule has 0 saturated heterocycles. The second-order valence-electron chi connectivity index (χ2n) is 8.47. The number of fused-ring (bicyclic) bond motifs is 1. The highest BCUT2D eigenvalue weighted by Gasteiger charge is 2.24. The van der Waals surface area contributed by atoms with Gasteiger partial charge in [-0.2, -0.15) is 0 Å². The fourth-order valence-corrected chi connectivity index (χ4v) is 4.56. The number of halogens is 1. The van der Waals surface area contributed by atoms with E-state index in [1.807, 2.05) is 63.2 Å². The number of hydrogen-bond acceptors (Lipinski definition) is 4. The second kappa shape index (κ2) is 9.41. The minimum Gasteiger partial charge on any atom is -0.458 e. The Morgan fingerprint density at radius 1 is 1.20 bits per heavy atom. The van der Waals surface area contributed by atoms with E-state index in [0.717, 1.165) is 27.6 Å². The van der Waals surface area contributed by atoms with Crippen molar-refractivity contribution in [3.05, 3.63) is 59.4 Å². The molecule has 1 aromatic heterocycles. The van der Waals surface area contributed by atoms with Crippen LogP contribution in [0.4, 0.5) is 4.39 Å². The first-order valence-electron chi connectivity index (χ1n) is 9.96. The molecule has 3 rings (SSSR count). The Balaban J connectivity index is 2.04. The summed E-state index contributed by atoms with van der Waals surface area (Å²) in [6.45, 7) is 5.40. The van der Waals surface area contributed by atoms with E-state index in [2.05, 4.69) is 0 Å². The van der Waals surface area contributed by atoms with E-state index in [1.54, 1.807) is 7.11 Å². The van der Waals surface area contributed by atoms with Crippen molar-refractivity contribution in [1.82, 2.24) is 0 Å². The molecule has 30 heavy (non-hydrogen) atoms. The Hall–Kier alpha value is -2.02. The molecule has 0 amide bonds. The molecule has 0 fully saturated rings. The lowest BCUT2D eigenvalue weighted by molar-refractivity contribution is 0.166. The number of rotatable bonds is 8. The summed E-state index contributed by atoms with van der Waals surface area (Å²) in [5, 5.41) is 10.6. The van der Waals surface area contributed by atoms with Gasteiger partial charge in [0.2, 0.25) is 0 Å². The van der Waals surface area contributed by atoms with Crippen LogP contribution < -0.4 is 0 Å². The molecule has 0 aliphatic rings. The Morgan fingerprint density at radius 2 is 1.97 bits per heavy atom. The number of benzene rings is 2. The predicted octanol–water partition coefficient (Wildman–Crippen LogP) is 5.34. The summed E-state index contributed by atoms with van der Waals surface area (Å²) in [6, 6.07) is 13.3. The molecule has 6 heteroatoms. The number of methoxy groups -OCH3 is 1. The first kappa shape index (κ1) is 22.7. The summed E-state index contributed by atoms with van der Waals surface area (Å²) in [6.07, 6.45) is 0. The van der Waals surface area contributed by atoms with Crippen molar-refractivity contribution in [2.24, 2.45) is 0 Å². The van der Waals surface area contributed by atoms with Crippen LogP contribution in [0.3, 0.4) is 0 Å². The third kappa shape index (κ3) is 4.99. The lowest BCUT2D eigenvalue weighted by atomic mass is 9.95. The van der Waals surface area contributed by atoms with E-state index in [0.29, 0.717) is 18.0 Å². The van der Waals surface area contributed by atoms with Gasteiger partial charge in [0.1, 0.15) is 18.0 Å². The highest BCUT2D eigenvalue weighted by molar-refractivity contribution is 7.86. The molecular weight excluding hydrogens is 403 g/mol. The maximum Gasteiger partial charge on any atom is 0.142 e. The molecule has 0 radical (unpaired) electrons. The van der Waals surface area contributed by atoms with Gasteiger partial charge >= 0.3 is 0 Å². The summed E-state index contributed by atoms with van der Waals surface area (Å²) >= 11 is 0. The average molecular weight is 433 g/mol. The summed E-state index contributed by atoms with van der Waals surface area (Å²) in [5.41, 5.74) is 3.97. The minimum absolute atomic E-state index is 0.0922. The van der Waals surface area contributed by atoms with Crippen LogP contribution in [0.25, 0.3) is 22.1 Å². The smallest absolute Gasteiger partial charge is 0.142 e. The molecule has 0 spiro atoms. The normalized spacial score (nSPS) is 14.2. The molecule has 162 valence electrons. The van der Waals surface area contributed by atoms with Gasteiger partial charge in [0.15, 0.2) is 0 Å². The van der Waals surface area contributed by atoms with Gasteiger partial charge in [0.05, 0.1) is 13.3 Å². The minimum atomic E-state index is -1.15. The van der Waals surface area contributed by atoms with Crippen LogP contribution in [-0.4, -0.2) is 33.6 Å². The number of alkyl halides is 1. The van der Waals surface area contributed by atoms with Crippen LogP contribution >= 0.6 is 0 Å². The Morgan fingerprint density at radius 3 is 2.60 bits per heavy atom. The molecule has 0 bridgehead atoms. The first-order chi connectivity index (χ1) is 14.3. The third-order valence-electron chi connectivity index (χ3n) is 5.09. The lowest BCUT2D eigenvalue weighted by Crippen LogP contribution is -2.27. The van der Waals surface area contributed by atoms with E-state index in [-0.39, 0.29) is 12.4 Å². The van der Waals surface area contributed by atoms with Crippen LogP contribution in [0.2, 0.25) is 0 Å². The zero-order valence-corrected chi connectivity index (χ0v) is 18.7.